The molecule has 2 saturated heterocycles. The zero-order chi connectivity index (χ0) is 27.3. The summed E-state index contributed by atoms with van der Waals surface area (Å²) in [5.41, 5.74) is 4.01. The van der Waals surface area contributed by atoms with Crippen molar-refractivity contribution >= 4 is 22.6 Å². The lowest BCUT2D eigenvalue weighted by atomic mass is 9.88. The second-order valence-corrected chi connectivity index (χ2v) is 11.3. The molecule has 3 aliphatic heterocycles. The number of hydrogen-bond acceptors (Lipinski definition) is 8. The van der Waals surface area contributed by atoms with E-state index in [-0.39, 0.29) is 6.10 Å². The van der Waals surface area contributed by atoms with Crippen molar-refractivity contribution in [1.29, 1.82) is 5.26 Å². The van der Waals surface area contributed by atoms with Crippen LogP contribution >= 0.6 is 11.6 Å². The summed E-state index contributed by atoms with van der Waals surface area (Å²) in [7, 11) is 0. The predicted octanol–water partition coefficient (Wildman–Crippen LogP) is 5.16. The first-order chi connectivity index (χ1) is 19.5. The van der Waals surface area contributed by atoms with E-state index in [0.717, 1.165) is 80.4 Å². The second-order valence-electron chi connectivity index (χ2n) is 10.8. The number of aromatic nitrogens is 4. The molecule has 1 aromatic carbocycles. The van der Waals surface area contributed by atoms with E-state index in [1.54, 1.807) is 24.5 Å². The molecule has 4 aromatic rings. The number of para-hydroxylation sites is 1. The lowest BCUT2D eigenvalue weighted by Gasteiger charge is -2.33. The first-order valence-electron chi connectivity index (χ1n) is 13.7. The maximum absolute atomic E-state index is 9.30. The van der Waals surface area contributed by atoms with E-state index in [1.165, 1.54) is 5.56 Å². The zero-order valence-electron chi connectivity index (χ0n) is 22.2. The largest absolute Gasteiger partial charge is 0.443 e. The Hall–Kier alpha value is -3.71. The third-order valence-electron chi connectivity index (χ3n) is 8.20. The quantitative estimate of drug-likeness (QED) is 0.321. The number of likely N-dealkylation sites (tertiary alicyclic amines) is 1. The minimum Gasteiger partial charge on any atom is -0.443 e. The van der Waals surface area contributed by atoms with Gasteiger partial charge in [-0.3, -0.25) is 9.88 Å². The topological polar surface area (TPSA) is 98.3 Å². The number of ether oxygens (including phenoxy) is 3. The van der Waals surface area contributed by atoms with Gasteiger partial charge in [0.1, 0.15) is 23.3 Å². The number of halogens is 1. The molecule has 2 fully saturated rings. The van der Waals surface area contributed by atoms with Crippen molar-refractivity contribution < 1.29 is 14.2 Å². The lowest BCUT2D eigenvalue weighted by molar-refractivity contribution is -0.0722. The van der Waals surface area contributed by atoms with Crippen molar-refractivity contribution in [2.75, 3.05) is 19.7 Å². The second kappa shape index (κ2) is 10.0. The molecule has 0 amide bonds. The van der Waals surface area contributed by atoms with Crippen molar-refractivity contribution in [3.05, 3.63) is 76.6 Å². The Morgan fingerprint density at radius 3 is 2.67 bits per heavy atom. The van der Waals surface area contributed by atoms with Gasteiger partial charge >= 0.3 is 0 Å². The van der Waals surface area contributed by atoms with Crippen LogP contribution in [0.5, 0.6) is 11.5 Å². The fourth-order valence-electron chi connectivity index (χ4n) is 5.91. The molecule has 0 radical (unpaired) electrons. The Morgan fingerprint density at radius 1 is 1.10 bits per heavy atom. The van der Waals surface area contributed by atoms with Crippen LogP contribution in [-0.4, -0.2) is 50.2 Å². The lowest BCUT2D eigenvalue weighted by Crippen LogP contribution is -2.35. The van der Waals surface area contributed by atoms with Gasteiger partial charge in [-0.1, -0.05) is 23.7 Å². The van der Waals surface area contributed by atoms with Crippen LogP contribution in [-0.2, 0) is 23.6 Å². The van der Waals surface area contributed by atoms with Gasteiger partial charge in [0, 0.05) is 31.4 Å². The zero-order valence-corrected chi connectivity index (χ0v) is 23.0. The number of hydrogen-bond donors (Lipinski definition) is 0. The third-order valence-corrected chi connectivity index (χ3v) is 8.43. The van der Waals surface area contributed by atoms with Gasteiger partial charge in [0.2, 0.25) is 0 Å². The van der Waals surface area contributed by atoms with Gasteiger partial charge < -0.3 is 18.8 Å². The highest BCUT2D eigenvalue weighted by atomic mass is 35.5. The van der Waals surface area contributed by atoms with Gasteiger partial charge in [-0.25, -0.2) is 9.97 Å². The van der Waals surface area contributed by atoms with E-state index in [9.17, 15) is 5.26 Å². The van der Waals surface area contributed by atoms with Crippen molar-refractivity contribution in [2.45, 2.75) is 57.1 Å². The molecule has 9 nitrogen and oxygen atoms in total. The van der Waals surface area contributed by atoms with Gasteiger partial charge in [-0.05, 0) is 56.5 Å². The highest BCUT2D eigenvalue weighted by Gasteiger charge is 2.42. The van der Waals surface area contributed by atoms with E-state index in [4.69, 9.17) is 30.8 Å². The molecule has 3 aromatic heterocycles. The number of nitrogens with zero attached hydrogens (tertiary/aromatic N) is 6. The Labute approximate surface area is 237 Å². The number of benzene rings is 1. The van der Waals surface area contributed by atoms with Crippen LogP contribution in [0.15, 0.2) is 48.8 Å². The van der Waals surface area contributed by atoms with E-state index >= 15 is 0 Å². The number of rotatable bonds is 6. The summed E-state index contributed by atoms with van der Waals surface area (Å²) in [4.78, 5) is 16.1. The number of nitriles is 1. The summed E-state index contributed by atoms with van der Waals surface area (Å²) in [5, 5.41) is 9.88. The molecule has 0 spiro atoms. The van der Waals surface area contributed by atoms with Crippen LogP contribution < -0.4 is 9.47 Å². The van der Waals surface area contributed by atoms with Crippen LogP contribution in [0.3, 0.4) is 0 Å². The molecule has 0 bridgehead atoms. The normalized spacial score (nSPS) is 22.8. The molecule has 10 heteroatoms. The van der Waals surface area contributed by atoms with Gasteiger partial charge in [-0.2, -0.15) is 5.26 Å². The van der Waals surface area contributed by atoms with Crippen LogP contribution in [0.2, 0.25) is 5.02 Å². The van der Waals surface area contributed by atoms with Gasteiger partial charge in [0.25, 0.3) is 5.79 Å². The van der Waals surface area contributed by atoms with Gasteiger partial charge in [-0.15, -0.1) is 0 Å². The molecule has 7 rings (SSSR count). The highest BCUT2D eigenvalue weighted by molar-refractivity contribution is 6.30. The Balaban J connectivity index is 1.07. The van der Waals surface area contributed by atoms with Crippen molar-refractivity contribution in [3.63, 3.8) is 0 Å². The van der Waals surface area contributed by atoms with Gasteiger partial charge in [0.05, 0.1) is 41.4 Å². The Kier molecular flexibility index (Phi) is 6.34. The SMILES string of the molecule is C[C@]1(c2ccc(Cl)cn2)Oc2cccc(C3CCN(Cc4nc5cc(C#N)ncc5n4C[C@@H]4CCO4)CC3)c2O1. The summed E-state index contributed by atoms with van der Waals surface area (Å²) in [6.07, 6.45) is 6.63. The standard InChI is InChI=1S/C30H29ClN6O3/c1-30(27-6-5-20(31)15-34-27)39-26-4-2-3-23(29(26)40-30)19-7-10-36(11-8-19)18-28-35-24-13-21(14-32)33-16-25(24)37(28)17-22-9-12-38-22/h2-6,13,15-16,19,22H,7-12,17-18H2,1H3/t22-,30-/m0/s1. The van der Waals surface area contributed by atoms with Crippen molar-refractivity contribution in [3.8, 4) is 17.6 Å². The molecule has 0 saturated carbocycles. The molecule has 6 heterocycles. The molecule has 40 heavy (non-hydrogen) atoms. The van der Waals surface area contributed by atoms with Crippen LogP contribution in [0, 0.1) is 11.3 Å². The average molecular weight is 557 g/mol. The van der Waals surface area contributed by atoms with Crippen molar-refractivity contribution in [1.82, 2.24) is 24.4 Å². The fourth-order valence-corrected chi connectivity index (χ4v) is 6.02. The maximum Gasteiger partial charge on any atom is 0.292 e. The van der Waals surface area contributed by atoms with Crippen molar-refractivity contribution in [2.24, 2.45) is 0 Å². The molecule has 204 valence electrons. The number of imidazole rings is 1. The molecule has 0 aliphatic carbocycles. The number of pyridine rings is 2. The number of piperidine rings is 1. The van der Waals surface area contributed by atoms with E-state index in [0.29, 0.717) is 22.3 Å². The van der Waals surface area contributed by atoms with Crippen LogP contribution in [0.1, 0.15) is 54.9 Å². The summed E-state index contributed by atoms with van der Waals surface area (Å²) < 4.78 is 20.7. The molecule has 0 unspecified atom stereocenters. The van der Waals surface area contributed by atoms with Crippen LogP contribution in [0.4, 0.5) is 0 Å². The fraction of sp³-hybridized carbons (Fsp3) is 0.400. The Bertz CT molecular complexity index is 1600. The molecular weight excluding hydrogens is 528 g/mol. The smallest absolute Gasteiger partial charge is 0.292 e. The van der Waals surface area contributed by atoms with Gasteiger partial charge in [0.15, 0.2) is 11.5 Å². The monoisotopic (exact) mass is 556 g/mol. The summed E-state index contributed by atoms with van der Waals surface area (Å²) in [6, 6.07) is 13.7. The third kappa shape index (κ3) is 4.56. The van der Waals surface area contributed by atoms with E-state index < -0.39 is 5.79 Å². The summed E-state index contributed by atoms with van der Waals surface area (Å²) >= 11 is 6.04. The molecule has 3 aliphatic rings. The minimum absolute atomic E-state index is 0.202. The maximum atomic E-state index is 9.30. The Morgan fingerprint density at radius 2 is 1.95 bits per heavy atom. The first-order valence-corrected chi connectivity index (χ1v) is 14.1. The minimum atomic E-state index is -0.993. The molecule has 0 N–H and O–H groups in total. The van der Waals surface area contributed by atoms with E-state index in [2.05, 4.69) is 31.6 Å². The van der Waals surface area contributed by atoms with Crippen LogP contribution in [0.25, 0.3) is 11.0 Å². The number of fused-ring (bicyclic) bond motifs is 2. The van der Waals surface area contributed by atoms with E-state index in [1.807, 2.05) is 25.1 Å². The molecular formula is C30H29ClN6O3. The highest BCUT2D eigenvalue weighted by Crippen LogP contribution is 2.49. The summed E-state index contributed by atoms with van der Waals surface area (Å²) in [5.74, 6) is 1.91. The first kappa shape index (κ1) is 25.3. The molecule has 2 atom stereocenters. The predicted molar refractivity (Wildman–Crippen MR) is 148 cm³/mol. The summed E-state index contributed by atoms with van der Waals surface area (Å²) in [6.45, 7) is 6.08. The average Bonchev–Trinajstić information content (AvgIpc) is 3.47.